The molecule has 1 unspecified atom stereocenters. The van der Waals surface area contributed by atoms with Gasteiger partial charge in [-0.25, -0.2) is 0 Å². The average molecular weight is 255 g/mol. The molecule has 0 radical (unpaired) electrons. The molecule has 1 aromatic carbocycles. The zero-order valence-electron chi connectivity index (χ0n) is 10.7. The van der Waals surface area contributed by atoms with Crippen LogP contribution >= 0.6 is 11.8 Å². The summed E-state index contributed by atoms with van der Waals surface area (Å²) >= 11 is 1.85. The van der Waals surface area contributed by atoms with Crippen molar-refractivity contribution >= 4 is 11.8 Å². The molecule has 96 valence electrons. The smallest absolute Gasteiger partial charge is 0.171 e. The second-order valence-corrected chi connectivity index (χ2v) is 4.91. The summed E-state index contributed by atoms with van der Waals surface area (Å²) in [6.07, 6.45) is -0.184. The van der Waals surface area contributed by atoms with Crippen LogP contribution in [0.3, 0.4) is 0 Å². The van der Waals surface area contributed by atoms with Gasteiger partial charge >= 0.3 is 0 Å². The van der Waals surface area contributed by atoms with Crippen LogP contribution in [0.1, 0.15) is 6.92 Å². The first-order valence-corrected chi connectivity index (χ1v) is 6.73. The number of nitrogens with one attached hydrogen (secondary N) is 1. The molecule has 17 heavy (non-hydrogen) atoms. The van der Waals surface area contributed by atoms with Crippen molar-refractivity contribution in [3.8, 4) is 0 Å². The Kier molecular flexibility index (Phi) is 7.28. The summed E-state index contributed by atoms with van der Waals surface area (Å²) in [6, 6.07) is 10.6. The molecule has 3 nitrogen and oxygen atoms in total. The number of methoxy groups -OCH3 is 2. The third-order valence-electron chi connectivity index (χ3n) is 2.45. The first kappa shape index (κ1) is 14.5. The number of benzene rings is 1. The summed E-state index contributed by atoms with van der Waals surface area (Å²) in [5.41, 5.74) is 0. The van der Waals surface area contributed by atoms with Crippen LogP contribution in [0.2, 0.25) is 0 Å². The Balaban J connectivity index is 2.16. The van der Waals surface area contributed by atoms with E-state index in [1.165, 1.54) is 4.90 Å². The lowest BCUT2D eigenvalue weighted by Crippen LogP contribution is -2.40. The van der Waals surface area contributed by atoms with Crippen LogP contribution in [0.4, 0.5) is 0 Å². The van der Waals surface area contributed by atoms with Crippen LogP contribution < -0.4 is 5.32 Å². The molecule has 0 spiro atoms. The second kappa shape index (κ2) is 8.53. The highest BCUT2D eigenvalue weighted by Crippen LogP contribution is 2.15. The van der Waals surface area contributed by atoms with Crippen molar-refractivity contribution in [1.29, 1.82) is 0 Å². The predicted octanol–water partition coefficient (Wildman–Crippen LogP) is 2.38. The van der Waals surface area contributed by atoms with Gasteiger partial charge in [-0.05, 0) is 19.1 Å². The van der Waals surface area contributed by atoms with Gasteiger partial charge < -0.3 is 14.8 Å². The van der Waals surface area contributed by atoms with Crippen molar-refractivity contribution in [3.05, 3.63) is 30.3 Å². The van der Waals surface area contributed by atoms with Crippen molar-refractivity contribution in [2.24, 2.45) is 0 Å². The van der Waals surface area contributed by atoms with Crippen molar-refractivity contribution < 1.29 is 9.47 Å². The van der Waals surface area contributed by atoms with Crippen molar-refractivity contribution in [2.75, 3.05) is 26.5 Å². The summed E-state index contributed by atoms with van der Waals surface area (Å²) in [5, 5.41) is 3.38. The quantitative estimate of drug-likeness (QED) is 0.439. The molecule has 1 aromatic rings. The van der Waals surface area contributed by atoms with E-state index >= 15 is 0 Å². The number of rotatable bonds is 8. The van der Waals surface area contributed by atoms with Crippen LogP contribution in [0.15, 0.2) is 35.2 Å². The molecule has 0 fully saturated rings. The molecule has 0 aliphatic heterocycles. The minimum atomic E-state index is -0.184. The first-order chi connectivity index (χ1) is 8.27. The summed E-state index contributed by atoms with van der Waals surface area (Å²) in [6.45, 7) is 2.99. The molecule has 1 atom stereocenters. The minimum absolute atomic E-state index is 0.184. The van der Waals surface area contributed by atoms with E-state index in [2.05, 4.69) is 36.5 Å². The van der Waals surface area contributed by atoms with Crippen molar-refractivity contribution in [2.45, 2.75) is 24.2 Å². The molecule has 1 N–H and O–H groups in total. The number of hydrogen-bond donors (Lipinski definition) is 1. The Hall–Kier alpha value is -0.550. The Labute approximate surface area is 108 Å². The van der Waals surface area contributed by atoms with Crippen LogP contribution in [0, 0.1) is 0 Å². The molecule has 0 aliphatic rings. The highest BCUT2D eigenvalue weighted by atomic mass is 32.2. The van der Waals surface area contributed by atoms with E-state index < -0.39 is 0 Å². The Morgan fingerprint density at radius 1 is 1.18 bits per heavy atom. The van der Waals surface area contributed by atoms with Gasteiger partial charge in [-0.15, -0.1) is 11.8 Å². The van der Waals surface area contributed by atoms with Gasteiger partial charge in [-0.2, -0.15) is 0 Å². The third kappa shape index (κ3) is 5.55. The molecule has 0 heterocycles. The molecular formula is C13H21NO2S. The molecule has 0 amide bonds. The van der Waals surface area contributed by atoms with Gasteiger partial charge in [0.2, 0.25) is 0 Å². The number of thioether (sulfide) groups is 1. The molecule has 0 aromatic heterocycles. The summed E-state index contributed by atoms with van der Waals surface area (Å²) in [4.78, 5) is 1.30. The van der Waals surface area contributed by atoms with Gasteiger partial charge in [0.15, 0.2) is 6.29 Å². The Bertz CT molecular complexity index is 291. The highest BCUT2D eigenvalue weighted by molar-refractivity contribution is 7.99. The van der Waals surface area contributed by atoms with Crippen LogP contribution in [0.25, 0.3) is 0 Å². The van der Waals surface area contributed by atoms with E-state index in [1.807, 2.05) is 17.8 Å². The maximum Gasteiger partial charge on any atom is 0.171 e. The van der Waals surface area contributed by atoms with Crippen LogP contribution in [0.5, 0.6) is 0 Å². The standard InChI is InChI=1S/C13H21NO2S/c1-11(13(15-2)16-3)14-9-10-17-12-7-5-4-6-8-12/h4-8,11,13-14H,9-10H2,1-3H3. The molecule has 0 saturated carbocycles. The van der Waals surface area contributed by atoms with Crippen molar-refractivity contribution in [1.82, 2.24) is 5.32 Å². The normalized spacial score (nSPS) is 12.9. The lowest BCUT2D eigenvalue weighted by atomic mass is 10.3. The van der Waals surface area contributed by atoms with E-state index in [-0.39, 0.29) is 12.3 Å². The summed E-state index contributed by atoms with van der Waals surface area (Å²) in [5.74, 6) is 1.04. The predicted molar refractivity (Wildman–Crippen MR) is 72.4 cm³/mol. The highest BCUT2D eigenvalue weighted by Gasteiger charge is 2.14. The van der Waals surface area contributed by atoms with Gasteiger partial charge in [0.05, 0.1) is 6.04 Å². The van der Waals surface area contributed by atoms with Gasteiger partial charge in [0.1, 0.15) is 0 Å². The van der Waals surface area contributed by atoms with Crippen molar-refractivity contribution in [3.63, 3.8) is 0 Å². The zero-order valence-corrected chi connectivity index (χ0v) is 11.5. The Morgan fingerprint density at radius 2 is 1.82 bits per heavy atom. The maximum absolute atomic E-state index is 5.19. The van der Waals surface area contributed by atoms with E-state index in [0.29, 0.717) is 0 Å². The SMILES string of the molecule is COC(OC)C(C)NCCSc1ccccc1. The Morgan fingerprint density at radius 3 is 2.41 bits per heavy atom. The van der Waals surface area contributed by atoms with Crippen LogP contribution in [-0.2, 0) is 9.47 Å². The average Bonchev–Trinajstić information content (AvgIpc) is 2.37. The van der Waals surface area contributed by atoms with Gasteiger partial charge in [0.25, 0.3) is 0 Å². The van der Waals surface area contributed by atoms with E-state index in [4.69, 9.17) is 9.47 Å². The molecule has 0 bridgehead atoms. The fourth-order valence-electron chi connectivity index (χ4n) is 1.57. The largest absolute Gasteiger partial charge is 0.354 e. The van der Waals surface area contributed by atoms with E-state index in [0.717, 1.165) is 12.3 Å². The topological polar surface area (TPSA) is 30.5 Å². The van der Waals surface area contributed by atoms with Gasteiger partial charge in [0, 0.05) is 31.4 Å². The van der Waals surface area contributed by atoms with E-state index in [9.17, 15) is 0 Å². The zero-order chi connectivity index (χ0) is 12.5. The number of hydrogen-bond acceptors (Lipinski definition) is 4. The summed E-state index contributed by atoms with van der Waals surface area (Å²) in [7, 11) is 3.32. The minimum Gasteiger partial charge on any atom is -0.354 e. The number of ether oxygens (including phenoxy) is 2. The second-order valence-electron chi connectivity index (χ2n) is 3.74. The fourth-order valence-corrected chi connectivity index (χ4v) is 2.38. The van der Waals surface area contributed by atoms with E-state index in [1.54, 1.807) is 14.2 Å². The lowest BCUT2D eigenvalue weighted by molar-refractivity contribution is -0.119. The summed E-state index contributed by atoms with van der Waals surface area (Å²) < 4.78 is 10.4. The maximum atomic E-state index is 5.19. The molecule has 0 saturated heterocycles. The van der Waals surface area contributed by atoms with Gasteiger partial charge in [-0.1, -0.05) is 18.2 Å². The molecule has 0 aliphatic carbocycles. The fraction of sp³-hybridized carbons (Fsp3) is 0.538. The molecular weight excluding hydrogens is 234 g/mol. The third-order valence-corrected chi connectivity index (χ3v) is 3.47. The first-order valence-electron chi connectivity index (χ1n) is 5.74. The van der Waals surface area contributed by atoms with Gasteiger partial charge in [-0.3, -0.25) is 0 Å². The monoisotopic (exact) mass is 255 g/mol. The van der Waals surface area contributed by atoms with Crippen LogP contribution in [-0.4, -0.2) is 38.8 Å². The lowest BCUT2D eigenvalue weighted by Gasteiger charge is -2.22. The molecule has 4 heteroatoms. The molecule has 1 rings (SSSR count).